The number of hydrogen-bond donors (Lipinski definition) is 0. The van der Waals surface area contributed by atoms with E-state index in [0.29, 0.717) is 19.0 Å². The van der Waals surface area contributed by atoms with Gasteiger partial charge in [-0.15, -0.1) is 0 Å². The van der Waals surface area contributed by atoms with Gasteiger partial charge in [0, 0.05) is 25.2 Å². The second-order valence-corrected chi connectivity index (χ2v) is 5.71. The number of benzene rings is 1. The minimum atomic E-state index is -0.868. The van der Waals surface area contributed by atoms with E-state index in [4.69, 9.17) is 4.74 Å². The second kappa shape index (κ2) is 3.92. The van der Waals surface area contributed by atoms with Crippen molar-refractivity contribution >= 4 is 5.91 Å². The van der Waals surface area contributed by atoms with E-state index >= 15 is 0 Å². The van der Waals surface area contributed by atoms with Crippen LogP contribution < -0.4 is 4.74 Å². The van der Waals surface area contributed by atoms with E-state index in [2.05, 4.69) is 6.92 Å². The molecule has 102 valence electrons. The van der Waals surface area contributed by atoms with E-state index in [-0.39, 0.29) is 11.2 Å². The Morgan fingerprint density at radius 2 is 2.05 bits per heavy atom. The summed E-state index contributed by atoms with van der Waals surface area (Å²) in [7, 11) is 1.32. The molecule has 1 saturated heterocycles. The van der Waals surface area contributed by atoms with Gasteiger partial charge in [-0.25, -0.2) is 8.78 Å². The predicted octanol–water partition coefficient (Wildman–Crippen LogP) is 2.46. The zero-order valence-corrected chi connectivity index (χ0v) is 10.9. The van der Waals surface area contributed by atoms with Crippen LogP contribution in [0.5, 0.6) is 5.75 Å². The number of halogens is 2. The van der Waals surface area contributed by atoms with Crippen molar-refractivity contribution in [1.82, 2.24) is 4.90 Å². The van der Waals surface area contributed by atoms with E-state index in [0.717, 1.165) is 18.6 Å². The number of likely N-dealkylation sites (tertiary alicyclic amines) is 1. The number of ether oxygens (including phenoxy) is 1. The molecule has 19 heavy (non-hydrogen) atoms. The van der Waals surface area contributed by atoms with Crippen molar-refractivity contribution in [2.45, 2.75) is 13.3 Å². The summed E-state index contributed by atoms with van der Waals surface area (Å²) in [6.07, 6.45) is 1.10. The number of rotatable bonds is 2. The molecule has 2 unspecified atom stereocenters. The van der Waals surface area contributed by atoms with Crippen LogP contribution >= 0.6 is 0 Å². The Morgan fingerprint density at radius 3 is 2.53 bits per heavy atom. The van der Waals surface area contributed by atoms with E-state index in [1.54, 1.807) is 4.90 Å². The van der Waals surface area contributed by atoms with Gasteiger partial charge in [0.25, 0.3) is 5.91 Å². The molecule has 5 heteroatoms. The molecule has 3 rings (SSSR count). The largest absolute Gasteiger partial charge is 0.497 e. The van der Waals surface area contributed by atoms with Crippen molar-refractivity contribution in [3.05, 3.63) is 29.3 Å². The summed E-state index contributed by atoms with van der Waals surface area (Å²) in [4.78, 5) is 13.7. The van der Waals surface area contributed by atoms with Gasteiger partial charge < -0.3 is 9.64 Å². The first-order valence-corrected chi connectivity index (χ1v) is 6.27. The standard InChI is InChI=1S/C14H15F2NO2/c1-14-5-8(14)6-17(7-14)13(18)12-10(15)3-9(19-2)4-11(12)16/h3-4,8H,5-7H2,1-2H3. The Bertz CT molecular complexity index is 537. The van der Waals surface area contributed by atoms with E-state index in [9.17, 15) is 13.6 Å². The molecule has 1 amide bonds. The third kappa shape index (κ3) is 1.88. The van der Waals surface area contributed by atoms with Crippen molar-refractivity contribution in [1.29, 1.82) is 0 Å². The molecule has 1 aliphatic carbocycles. The molecule has 0 bridgehead atoms. The number of nitrogens with zero attached hydrogens (tertiary/aromatic N) is 1. The molecule has 0 radical (unpaired) electrons. The Kier molecular flexibility index (Phi) is 2.56. The average molecular weight is 267 g/mol. The maximum Gasteiger partial charge on any atom is 0.259 e. The fourth-order valence-electron chi connectivity index (χ4n) is 2.93. The fourth-order valence-corrected chi connectivity index (χ4v) is 2.93. The predicted molar refractivity (Wildman–Crippen MR) is 65.0 cm³/mol. The van der Waals surface area contributed by atoms with Crippen molar-refractivity contribution in [2.75, 3.05) is 20.2 Å². The number of amides is 1. The van der Waals surface area contributed by atoms with Crippen LogP contribution in [-0.4, -0.2) is 31.0 Å². The molecule has 1 aromatic carbocycles. The van der Waals surface area contributed by atoms with Crippen LogP contribution in [-0.2, 0) is 0 Å². The summed E-state index contributed by atoms with van der Waals surface area (Å²) < 4.78 is 32.4. The molecule has 2 fully saturated rings. The maximum atomic E-state index is 13.8. The number of carbonyl (C=O) groups excluding carboxylic acids is 1. The summed E-state index contributed by atoms with van der Waals surface area (Å²) in [6, 6.07) is 2.07. The number of methoxy groups -OCH3 is 1. The number of piperidine rings is 1. The van der Waals surface area contributed by atoms with Gasteiger partial charge in [-0.1, -0.05) is 6.92 Å². The number of hydrogen-bond acceptors (Lipinski definition) is 2. The molecule has 0 spiro atoms. The van der Waals surface area contributed by atoms with Gasteiger partial charge in [-0.2, -0.15) is 0 Å². The molecule has 2 aliphatic rings. The highest BCUT2D eigenvalue weighted by Crippen LogP contribution is 2.57. The van der Waals surface area contributed by atoms with Crippen LogP contribution in [0, 0.1) is 23.0 Å². The number of carbonyl (C=O) groups is 1. The van der Waals surface area contributed by atoms with Crippen LogP contribution in [0.25, 0.3) is 0 Å². The van der Waals surface area contributed by atoms with Gasteiger partial charge in [-0.3, -0.25) is 4.79 Å². The summed E-state index contributed by atoms with van der Waals surface area (Å²) >= 11 is 0. The van der Waals surface area contributed by atoms with Gasteiger partial charge >= 0.3 is 0 Å². The zero-order chi connectivity index (χ0) is 13.8. The molecule has 1 heterocycles. The molecular weight excluding hydrogens is 252 g/mol. The van der Waals surface area contributed by atoms with E-state index < -0.39 is 23.1 Å². The topological polar surface area (TPSA) is 29.5 Å². The summed E-state index contributed by atoms with van der Waals surface area (Å²) in [5.41, 5.74) is -0.319. The number of fused-ring (bicyclic) bond motifs is 1. The Labute approximate surface area is 110 Å². The van der Waals surface area contributed by atoms with Crippen LogP contribution in [0.2, 0.25) is 0 Å². The molecule has 0 N–H and O–H groups in total. The van der Waals surface area contributed by atoms with Gasteiger partial charge in [0.2, 0.25) is 0 Å². The molecule has 1 aromatic rings. The SMILES string of the molecule is COc1cc(F)c(C(=O)N2CC3CC3(C)C2)c(F)c1. The van der Waals surface area contributed by atoms with E-state index in [1.807, 2.05) is 0 Å². The average Bonchev–Trinajstić information content (AvgIpc) is 2.86. The first-order valence-electron chi connectivity index (χ1n) is 6.27. The Balaban J connectivity index is 1.88. The van der Waals surface area contributed by atoms with Gasteiger partial charge in [0.15, 0.2) is 0 Å². The smallest absolute Gasteiger partial charge is 0.259 e. The molecular formula is C14H15F2NO2. The molecule has 3 nitrogen and oxygen atoms in total. The van der Waals surface area contributed by atoms with Crippen molar-refractivity contribution in [3.8, 4) is 5.75 Å². The lowest BCUT2D eigenvalue weighted by molar-refractivity contribution is 0.0757. The third-order valence-corrected chi connectivity index (χ3v) is 4.28. The Morgan fingerprint density at radius 1 is 1.42 bits per heavy atom. The van der Waals surface area contributed by atoms with Gasteiger partial charge in [0.1, 0.15) is 22.9 Å². The summed E-state index contributed by atoms with van der Waals surface area (Å²) in [6.45, 7) is 3.29. The van der Waals surface area contributed by atoms with E-state index in [1.165, 1.54) is 7.11 Å². The second-order valence-electron chi connectivity index (χ2n) is 5.71. The lowest BCUT2D eigenvalue weighted by atomic mass is 10.1. The lowest BCUT2D eigenvalue weighted by Crippen LogP contribution is -2.32. The van der Waals surface area contributed by atoms with Crippen LogP contribution in [0.4, 0.5) is 8.78 Å². The van der Waals surface area contributed by atoms with Crippen LogP contribution in [0.15, 0.2) is 12.1 Å². The fraction of sp³-hybridized carbons (Fsp3) is 0.500. The van der Waals surface area contributed by atoms with Crippen molar-refractivity contribution < 1.29 is 18.3 Å². The summed E-state index contributed by atoms with van der Waals surface area (Å²) in [5, 5.41) is 0. The minimum Gasteiger partial charge on any atom is -0.497 e. The van der Waals surface area contributed by atoms with Crippen molar-refractivity contribution in [2.24, 2.45) is 11.3 Å². The third-order valence-electron chi connectivity index (χ3n) is 4.28. The monoisotopic (exact) mass is 267 g/mol. The Hall–Kier alpha value is -1.65. The highest BCUT2D eigenvalue weighted by atomic mass is 19.1. The minimum absolute atomic E-state index is 0.0720. The van der Waals surface area contributed by atoms with Gasteiger partial charge in [0.05, 0.1) is 7.11 Å². The molecule has 0 aromatic heterocycles. The summed E-state index contributed by atoms with van der Waals surface area (Å²) in [5.74, 6) is -1.74. The van der Waals surface area contributed by atoms with Crippen LogP contribution in [0.3, 0.4) is 0 Å². The van der Waals surface area contributed by atoms with Gasteiger partial charge in [-0.05, 0) is 17.8 Å². The molecule has 1 saturated carbocycles. The quantitative estimate of drug-likeness (QED) is 0.823. The normalized spacial score (nSPS) is 28.2. The zero-order valence-electron chi connectivity index (χ0n) is 10.9. The molecule has 1 aliphatic heterocycles. The first kappa shape index (κ1) is 12.4. The lowest BCUT2D eigenvalue weighted by Gasteiger charge is -2.20. The van der Waals surface area contributed by atoms with Crippen LogP contribution in [0.1, 0.15) is 23.7 Å². The van der Waals surface area contributed by atoms with Crippen molar-refractivity contribution in [3.63, 3.8) is 0 Å². The highest BCUT2D eigenvalue weighted by Gasteiger charge is 2.57. The maximum absolute atomic E-state index is 13.8. The molecule has 2 atom stereocenters. The highest BCUT2D eigenvalue weighted by molar-refractivity contribution is 5.95. The first-order chi connectivity index (χ1) is 8.94.